The summed E-state index contributed by atoms with van der Waals surface area (Å²) in [6.45, 7) is 6.45. The van der Waals surface area contributed by atoms with Gasteiger partial charge in [-0.3, -0.25) is 9.97 Å². The quantitative estimate of drug-likeness (QED) is 0.770. The summed E-state index contributed by atoms with van der Waals surface area (Å²) in [4.78, 5) is 14.8. The number of hydrogen-bond donors (Lipinski definition) is 2. The van der Waals surface area contributed by atoms with Crippen LogP contribution < -0.4 is 5.73 Å². The minimum absolute atomic E-state index is 0.0899. The fourth-order valence-corrected chi connectivity index (χ4v) is 6.11. The maximum atomic E-state index is 7.65. The van der Waals surface area contributed by atoms with Gasteiger partial charge in [-0.25, -0.2) is 4.98 Å². The van der Waals surface area contributed by atoms with E-state index in [4.69, 9.17) is 30.8 Å². The molecule has 1 aliphatic heterocycles. The molecule has 6 nitrogen and oxygen atoms in total. The third kappa shape index (κ3) is 2.88. The van der Waals surface area contributed by atoms with E-state index in [9.17, 15) is 0 Å². The molecule has 29 heavy (non-hydrogen) atoms. The molecule has 0 radical (unpaired) electrons. The van der Waals surface area contributed by atoms with Gasteiger partial charge >= 0.3 is 0 Å². The molecule has 6 rings (SSSR count). The molecule has 3 heterocycles. The SMILES string of the molecule is Cc1cnc2c(C34CC(C)(C3)C4)nc([C@H]3C[C@@H](C)O[C@@H](/C(C=N)=C/N)C3)cc2n1. The Morgan fingerprint density at radius 3 is 2.69 bits per heavy atom. The molecule has 2 bridgehead atoms. The second kappa shape index (κ2) is 6.33. The summed E-state index contributed by atoms with van der Waals surface area (Å²) in [5.74, 6) is 0.257. The Morgan fingerprint density at radius 1 is 1.28 bits per heavy atom. The molecule has 3 saturated carbocycles. The van der Waals surface area contributed by atoms with E-state index in [0.29, 0.717) is 5.41 Å². The number of pyridine rings is 1. The van der Waals surface area contributed by atoms with Gasteiger partial charge in [-0.1, -0.05) is 6.92 Å². The molecule has 152 valence electrons. The van der Waals surface area contributed by atoms with E-state index in [0.717, 1.165) is 46.5 Å². The summed E-state index contributed by atoms with van der Waals surface area (Å²) in [6, 6.07) is 2.13. The summed E-state index contributed by atoms with van der Waals surface area (Å²) >= 11 is 0. The van der Waals surface area contributed by atoms with Crippen LogP contribution in [0.5, 0.6) is 0 Å². The maximum absolute atomic E-state index is 7.65. The number of nitrogens with one attached hydrogen (secondary N) is 1. The van der Waals surface area contributed by atoms with Crippen molar-refractivity contribution >= 4 is 17.2 Å². The van der Waals surface area contributed by atoms with Gasteiger partial charge in [-0.2, -0.15) is 0 Å². The van der Waals surface area contributed by atoms with E-state index in [-0.39, 0.29) is 23.5 Å². The number of hydrogen-bond acceptors (Lipinski definition) is 6. The van der Waals surface area contributed by atoms with Crippen molar-refractivity contribution in [3.8, 4) is 0 Å². The summed E-state index contributed by atoms with van der Waals surface area (Å²) in [7, 11) is 0. The zero-order valence-electron chi connectivity index (χ0n) is 17.4. The van der Waals surface area contributed by atoms with Crippen molar-refractivity contribution in [2.75, 3.05) is 0 Å². The van der Waals surface area contributed by atoms with Crippen LogP contribution in [-0.4, -0.2) is 33.4 Å². The van der Waals surface area contributed by atoms with E-state index in [2.05, 4.69) is 19.9 Å². The molecular formula is C23H29N5O. The predicted octanol–water partition coefficient (Wildman–Crippen LogP) is 3.92. The molecule has 4 fully saturated rings. The summed E-state index contributed by atoms with van der Waals surface area (Å²) < 4.78 is 6.08. The highest BCUT2D eigenvalue weighted by Gasteiger charge is 2.67. The number of rotatable bonds is 4. The second-order valence-corrected chi connectivity index (χ2v) is 9.81. The van der Waals surface area contributed by atoms with Crippen LogP contribution in [0, 0.1) is 17.7 Å². The Morgan fingerprint density at radius 2 is 2.03 bits per heavy atom. The third-order valence-electron chi connectivity index (χ3n) is 7.13. The molecule has 0 unspecified atom stereocenters. The number of nitrogens with zero attached hydrogens (tertiary/aromatic N) is 3. The fourth-order valence-electron chi connectivity index (χ4n) is 6.11. The molecule has 2 aromatic rings. The number of aryl methyl sites for hydroxylation is 1. The van der Waals surface area contributed by atoms with Crippen LogP contribution in [0.2, 0.25) is 0 Å². The minimum Gasteiger partial charge on any atom is -0.404 e. The van der Waals surface area contributed by atoms with Crippen LogP contribution in [0.15, 0.2) is 24.0 Å². The Hall–Kier alpha value is -2.34. The Bertz CT molecular complexity index is 1010. The lowest BCUT2D eigenvalue weighted by Gasteiger charge is -2.69. The van der Waals surface area contributed by atoms with Crippen molar-refractivity contribution in [3.05, 3.63) is 41.1 Å². The largest absolute Gasteiger partial charge is 0.404 e. The zero-order valence-corrected chi connectivity index (χ0v) is 17.4. The molecule has 3 atom stereocenters. The van der Waals surface area contributed by atoms with E-state index in [1.54, 1.807) is 0 Å². The first-order valence-corrected chi connectivity index (χ1v) is 10.6. The van der Waals surface area contributed by atoms with Gasteiger partial charge in [0.15, 0.2) is 0 Å². The fraction of sp³-hybridized carbons (Fsp3) is 0.565. The van der Waals surface area contributed by atoms with Crippen molar-refractivity contribution in [1.29, 1.82) is 5.41 Å². The number of ether oxygens (including phenoxy) is 1. The van der Waals surface area contributed by atoms with Gasteiger partial charge in [0, 0.05) is 41.2 Å². The molecule has 3 N–H and O–H groups in total. The predicted molar refractivity (Wildman–Crippen MR) is 113 cm³/mol. The van der Waals surface area contributed by atoms with Crippen LogP contribution in [0.25, 0.3) is 11.0 Å². The first-order valence-electron chi connectivity index (χ1n) is 10.6. The molecule has 1 saturated heterocycles. The van der Waals surface area contributed by atoms with Crippen LogP contribution >= 0.6 is 0 Å². The molecule has 0 amide bonds. The number of fused-ring (bicyclic) bond motifs is 1. The van der Waals surface area contributed by atoms with E-state index in [1.807, 2.05) is 13.1 Å². The number of aromatic nitrogens is 3. The van der Waals surface area contributed by atoms with Gasteiger partial charge in [0.2, 0.25) is 0 Å². The lowest BCUT2D eigenvalue weighted by atomic mass is 9.35. The maximum Gasteiger partial charge on any atom is 0.111 e. The van der Waals surface area contributed by atoms with Crippen LogP contribution in [0.3, 0.4) is 0 Å². The summed E-state index contributed by atoms with van der Waals surface area (Å²) in [5, 5.41) is 7.65. The zero-order chi connectivity index (χ0) is 20.4. The van der Waals surface area contributed by atoms with E-state index < -0.39 is 0 Å². The Labute approximate surface area is 171 Å². The van der Waals surface area contributed by atoms with Crippen molar-refractivity contribution in [3.63, 3.8) is 0 Å². The van der Waals surface area contributed by atoms with Gasteiger partial charge in [-0.15, -0.1) is 0 Å². The molecular weight excluding hydrogens is 362 g/mol. The summed E-state index contributed by atoms with van der Waals surface area (Å²) in [5.41, 5.74) is 12.3. The van der Waals surface area contributed by atoms with Gasteiger partial charge in [0.05, 0.1) is 29.1 Å². The van der Waals surface area contributed by atoms with Crippen molar-refractivity contribution in [2.45, 2.75) is 76.4 Å². The molecule has 0 aromatic carbocycles. The number of nitrogens with two attached hydrogens (primary N) is 1. The van der Waals surface area contributed by atoms with Gasteiger partial charge in [0.1, 0.15) is 5.52 Å². The Balaban J connectivity index is 1.57. The topological polar surface area (TPSA) is 97.8 Å². The molecule has 3 aliphatic carbocycles. The second-order valence-electron chi connectivity index (χ2n) is 9.81. The first-order chi connectivity index (χ1) is 13.8. The lowest BCUT2D eigenvalue weighted by molar-refractivity contribution is -0.127. The highest BCUT2D eigenvalue weighted by molar-refractivity contribution is 5.79. The average molecular weight is 392 g/mol. The molecule has 0 spiro atoms. The highest BCUT2D eigenvalue weighted by Crippen LogP contribution is 2.73. The van der Waals surface area contributed by atoms with Crippen molar-refractivity contribution in [1.82, 2.24) is 15.0 Å². The summed E-state index contributed by atoms with van der Waals surface area (Å²) in [6.07, 6.45) is 9.90. The van der Waals surface area contributed by atoms with Gasteiger partial charge in [0.25, 0.3) is 0 Å². The van der Waals surface area contributed by atoms with E-state index in [1.165, 1.54) is 31.7 Å². The highest BCUT2D eigenvalue weighted by atomic mass is 16.5. The molecule has 4 aliphatic rings. The molecule has 6 heteroatoms. The van der Waals surface area contributed by atoms with Gasteiger partial charge in [-0.05, 0) is 57.4 Å². The third-order valence-corrected chi connectivity index (χ3v) is 7.13. The average Bonchev–Trinajstić information content (AvgIpc) is 2.64. The Kier molecular flexibility index (Phi) is 4.07. The van der Waals surface area contributed by atoms with Crippen LogP contribution in [0.4, 0.5) is 0 Å². The first kappa shape index (κ1) is 18.7. The smallest absolute Gasteiger partial charge is 0.111 e. The van der Waals surface area contributed by atoms with Gasteiger partial charge < -0.3 is 15.9 Å². The van der Waals surface area contributed by atoms with Crippen molar-refractivity contribution in [2.24, 2.45) is 11.1 Å². The van der Waals surface area contributed by atoms with E-state index >= 15 is 0 Å². The van der Waals surface area contributed by atoms with Crippen LogP contribution in [0.1, 0.15) is 69.0 Å². The normalized spacial score (nSPS) is 36.4. The standard InChI is InChI=1S/C23H29N5O/c1-13-9-26-20-18(27-13)6-17(28-21(20)23-10-22(3,11-23)12-23)15-4-14(2)29-19(5-15)16(7-24)8-25/h6-9,14-15,19,24H,4-5,10-12,25H2,1-3H3/b16-8+,24-7?/t14-,15+,19-,22?,23?/m1/s1. The van der Waals surface area contributed by atoms with Crippen LogP contribution in [-0.2, 0) is 10.2 Å². The lowest BCUT2D eigenvalue weighted by Crippen LogP contribution is -2.63. The minimum atomic E-state index is -0.162. The van der Waals surface area contributed by atoms with Crippen molar-refractivity contribution < 1.29 is 4.74 Å². The monoisotopic (exact) mass is 391 g/mol. The molecule has 2 aromatic heterocycles.